The first-order valence-electron chi connectivity index (χ1n) is 11.3. The van der Waals surface area contributed by atoms with Crippen LogP contribution in [0.15, 0.2) is 54.7 Å². The molecule has 164 valence electrons. The average Bonchev–Trinajstić information content (AvgIpc) is 3.26. The number of ether oxygens (including phenoxy) is 1. The molecule has 6 rings (SSSR count). The van der Waals surface area contributed by atoms with Gasteiger partial charge in [0.2, 0.25) is 0 Å². The third-order valence-corrected chi connectivity index (χ3v) is 6.76. The van der Waals surface area contributed by atoms with Gasteiger partial charge in [0.05, 0.1) is 42.4 Å². The van der Waals surface area contributed by atoms with Crippen LogP contribution in [0.25, 0.3) is 22.5 Å². The van der Waals surface area contributed by atoms with Crippen LogP contribution in [0.5, 0.6) is 0 Å². The molecule has 7 nitrogen and oxygen atoms in total. The van der Waals surface area contributed by atoms with Gasteiger partial charge in [-0.05, 0) is 38.0 Å². The monoisotopic (exact) mass is 429 g/mol. The third-order valence-electron chi connectivity index (χ3n) is 6.76. The summed E-state index contributed by atoms with van der Waals surface area (Å²) in [5.41, 5.74) is 6.15. The molecule has 32 heavy (non-hydrogen) atoms. The molecule has 2 aliphatic rings. The van der Waals surface area contributed by atoms with Crippen LogP contribution in [0, 0.1) is 6.92 Å². The highest BCUT2D eigenvalue weighted by Crippen LogP contribution is 2.46. The maximum Gasteiger partial charge on any atom is 0.133 e. The second-order valence-corrected chi connectivity index (χ2v) is 8.99. The summed E-state index contributed by atoms with van der Waals surface area (Å²) in [5.74, 6) is 1.04. The van der Waals surface area contributed by atoms with Crippen molar-refractivity contribution in [2.24, 2.45) is 0 Å². The molecule has 1 aliphatic carbocycles. The van der Waals surface area contributed by atoms with E-state index in [0.29, 0.717) is 13.2 Å². The van der Waals surface area contributed by atoms with E-state index in [9.17, 15) is 5.11 Å². The molecule has 0 bridgehead atoms. The fraction of sp³-hybridized carbons (Fsp3) is 0.360. The number of morpholine rings is 1. The number of benzene rings is 1. The van der Waals surface area contributed by atoms with Crippen molar-refractivity contribution < 1.29 is 9.84 Å². The average molecular weight is 430 g/mol. The largest absolute Gasteiger partial charge is 0.395 e. The van der Waals surface area contributed by atoms with E-state index in [4.69, 9.17) is 14.9 Å². The summed E-state index contributed by atoms with van der Waals surface area (Å²) >= 11 is 0. The van der Waals surface area contributed by atoms with Gasteiger partial charge in [-0.1, -0.05) is 29.8 Å². The first-order chi connectivity index (χ1) is 15.6. The van der Waals surface area contributed by atoms with Crippen molar-refractivity contribution >= 4 is 11.3 Å². The number of hydrogen-bond donors (Lipinski definition) is 1. The zero-order chi connectivity index (χ0) is 21.7. The minimum absolute atomic E-state index is 0.141. The predicted octanol–water partition coefficient (Wildman–Crippen LogP) is 3.36. The smallest absolute Gasteiger partial charge is 0.133 e. The molecular formula is C25H27N5O2. The van der Waals surface area contributed by atoms with Crippen LogP contribution in [-0.2, 0) is 10.2 Å². The van der Waals surface area contributed by atoms with Gasteiger partial charge in [-0.25, -0.2) is 9.20 Å². The van der Waals surface area contributed by atoms with Gasteiger partial charge in [-0.2, -0.15) is 10.2 Å². The Labute approximate surface area is 186 Å². The molecule has 0 radical (unpaired) electrons. The summed E-state index contributed by atoms with van der Waals surface area (Å²) in [4.78, 5) is 2.33. The molecule has 3 aromatic heterocycles. The normalized spacial score (nSPS) is 17.8. The molecule has 0 atom stereocenters. The van der Waals surface area contributed by atoms with Crippen molar-refractivity contribution in [3.63, 3.8) is 0 Å². The van der Waals surface area contributed by atoms with Crippen molar-refractivity contribution in [1.29, 1.82) is 0 Å². The Morgan fingerprint density at radius 2 is 1.78 bits per heavy atom. The van der Waals surface area contributed by atoms with Crippen molar-refractivity contribution in [3.05, 3.63) is 66.0 Å². The molecule has 4 aromatic rings. The summed E-state index contributed by atoms with van der Waals surface area (Å²) in [6, 6.07) is 16.9. The lowest BCUT2D eigenvalue weighted by molar-refractivity contribution is 0.122. The van der Waals surface area contributed by atoms with E-state index in [1.165, 1.54) is 5.56 Å². The molecule has 1 aromatic carbocycles. The summed E-state index contributed by atoms with van der Waals surface area (Å²) in [5, 5.41) is 19.6. The summed E-state index contributed by atoms with van der Waals surface area (Å²) in [6.07, 6.45) is 4.00. The molecule has 4 heterocycles. The highest BCUT2D eigenvalue weighted by molar-refractivity contribution is 5.70. The lowest BCUT2D eigenvalue weighted by Crippen LogP contribution is -2.37. The van der Waals surface area contributed by atoms with Crippen LogP contribution in [-0.4, -0.2) is 57.4 Å². The minimum Gasteiger partial charge on any atom is -0.395 e. The molecule has 0 unspecified atom stereocenters. The second kappa shape index (κ2) is 7.46. The lowest BCUT2D eigenvalue weighted by Gasteiger charge is -2.29. The highest BCUT2D eigenvalue weighted by Gasteiger charge is 2.45. The van der Waals surface area contributed by atoms with Crippen LogP contribution in [0.4, 0.5) is 5.82 Å². The Bertz CT molecular complexity index is 1260. The van der Waals surface area contributed by atoms with Gasteiger partial charge in [0.25, 0.3) is 0 Å². The molecule has 1 saturated carbocycles. The predicted molar refractivity (Wildman–Crippen MR) is 124 cm³/mol. The van der Waals surface area contributed by atoms with Gasteiger partial charge in [0.15, 0.2) is 0 Å². The van der Waals surface area contributed by atoms with Crippen LogP contribution >= 0.6 is 0 Å². The Hall–Kier alpha value is -3.16. The Balaban J connectivity index is 1.47. The van der Waals surface area contributed by atoms with Crippen molar-refractivity contribution in [2.75, 3.05) is 37.8 Å². The van der Waals surface area contributed by atoms with E-state index in [1.54, 1.807) is 0 Å². The third kappa shape index (κ3) is 3.29. The van der Waals surface area contributed by atoms with Crippen LogP contribution in [0.1, 0.15) is 24.1 Å². The SMILES string of the molecule is Cc1ccc(-c2cc3cc(-n4ccc(C5(CO)CC5)n4)cc(N4CCOCC4)n3n2)cc1. The van der Waals surface area contributed by atoms with Crippen LogP contribution in [0.2, 0.25) is 0 Å². The minimum atomic E-state index is -0.141. The molecule has 0 spiro atoms. The number of aliphatic hydroxyl groups is 1. The van der Waals surface area contributed by atoms with Gasteiger partial charge in [-0.3, -0.25) is 0 Å². The Morgan fingerprint density at radius 1 is 1.00 bits per heavy atom. The molecule has 0 amide bonds. The van der Waals surface area contributed by atoms with Gasteiger partial charge in [-0.15, -0.1) is 0 Å². The number of aromatic nitrogens is 4. The fourth-order valence-corrected chi connectivity index (χ4v) is 4.48. The molecule has 1 N–H and O–H groups in total. The van der Waals surface area contributed by atoms with E-state index in [2.05, 4.69) is 54.3 Å². The maximum absolute atomic E-state index is 9.79. The van der Waals surface area contributed by atoms with Gasteiger partial charge in [0, 0.05) is 36.3 Å². The summed E-state index contributed by atoms with van der Waals surface area (Å²) in [7, 11) is 0. The van der Waals surface area contributed by atoms with Gasteiger partial charge in [0.1, 0.15) is 5.82 Å². The quantitative estimate of drug-likeness (QED) is 0.527. The number of anilines is 1. The first-order valence-corrected chi connectivity index (χ1v) is 11.3. The van der Waals surface area contributed by atoms with E-state index in [1.807, 2.05) is 21.5 Å². The van der Waals surface area contributed by atoms with Crippen molar-refractivity contribution in [3.8, 4) is 16.9 Å². The number of hydrogen-bond acceptors (Lipinski definition) is 5. The van der Waals surface area contributed by atoms with E-state index in [0.717, 1.165) is 59.9 Å². The van der Waals surface area contributed by atoms with Crippen LogP contribution in [0.3, 0.4) is 0 Å². The zero-order valence-corrected chi connectivity index (χ0v) is 18.2. The van der Waals surface area contributed by atoms with E-state index >= 15 is 0 Å². The van der Waals surface area contributed by atoms with Crippen LogP contribution < -0.4 is 4.90 Å². The summed E-state index contributed by atoms with van der Waals surface area (Å²) in [6.45, 7) is 5.33. The second-order valence-electron chi connectivity index (χ2n) is 8.99. The molecule has 2 fully saturated rings. The maximum atomic E-state index is 9.79. The molecular weight excluding hydrogens is 402 g/mol. The first kappa shape index (κ1) is 19.5. The number of rotatable bonds is 5. The number of aliphatic hydroxyl groups excluding tert-OH is 1. The Kier molecular flexibility index (Phi) is 4.55. The lowest BCUT2D eigenvalue weighted by atomic mass is 10.1. The molecule has 7 heteroatoms. The zero-order valence-electron chi connectivity index (χ0n) is 18.2. The number of nitrogens with zero attached hydrogens (tertiary/aromatic N) is 5. The molecule has 1 aliphatic heterocycles. The Morgan fingerprint density at radius 3 is 2.50 bits per heavy atom. The number of pyridine rings is 1. The van der Waals surface area contributed by atoms with Crippen molar-refractivity contribution in [1.82, 2.24) is 19.4 Å². The summed E-state index contributed by atoms with van der Waals surface area (Å²) < 4.78 is 9.54. The standard InChI is InChI=1S/C25H27N5O2/c1-18-2-4-19(5-3-18)22-15-21-14-20(29-9-6-23(27-29)25(17-31)7-8-25)16-24(30(21)26-22)28-10-12-32-13-11-28/h2-6,9,14-16,31H,7-8,10-13,17H2,1H3. The topological polar surface area (TPSA) is 67.8 Å². The van der Waals surface area contributed by atoms with Crippen molar-refractivity contribution in [2.45, 2.75) is 25.2 Å². The number of fused-ring (bicyclic) bond motifs is 1. The van der Waals surface area contributed by atoms with E-state index < -0.39 is 0 Å². The fourth-order valence-electron chi connectivity index (χ4n) is 4.48. The molecule has 1 saturated heterocycles. The number of aryl methyl sites for hydroxylation is 1. The highest BCUT2D eigenvalue weighted by atomic mass is 16.5. The van der Waals surface area contributed by atoms with Gasteiger partial charge < -0.3 is 14.7 Å². The van der Waals surface area contributed by atoms with E-state index in [-0.39, 0.29) is 12.0 Å². The van der Waals surface area contributed by atoms with Gasteiger partial charge >= 0.3 is 0 Å².